The van der Waals surface area contributed by atoms with Gasteiger partial charge in [0.1, 0.15) is 6.61 Å². The molecule has 0 radical (unpaired) electrons. The first-order valence-electron chi connectivity index (χ1n) is 11.6. The molecule has 2 aromatic carbocycles. The Kier molecular flexibility index (Phi) is 7.77. The van der Waals surface area contributed by atoms with E-state index in [0.717, 1.165) is 29.7 Å². The summed E-state index contributed by atoms with van der Waals surface area (Å²) in [5.41, 5.74) is 3.34. The zero-order chi connectivity index (χ0) is 24.8. The van der Waals surface area contributed by atoms with Gasteiger partial charge in [0.2, 0.25) is 0 Å². The number of rotatable bonds is 7. The number of hydrogen-bond acceptors (Lipinski definition) is 7. The van der Waals surface area contributed by atoms with Crippen LogP contribution in [0.4, 0.5) is 4.79 Å². The molecule has 35 heavy (non-hydrogen) atoms. The van der Waals surface area contributed by atoms with Gasteiger partial charge in [-0.3, -0.25) is 14.9 Å². The Morgan fingerprint density at radius 3 is 2.31 bits per heavy atom. The summed E-state index contributed by atoms with van der Waals surface area (Å²) >= 11 is 0. The van der Waals surface area contributed by atoms with E-state index < -0.39 is 9.84 Å². The van der Waals surface area contributed by atoms with Gasteiger partial charge in [-0.1, -0.05) is 42.5 Å². The Balaban J connectivity index is 1.25. The van der Waals surface area contributed by atoms with Gasteiger partial charge in [-0.05, 0) is 37.6 Å². The van der Waals surface area contributed by atoms with Crippen LogP contribution in [0, 0.1) is 0 Å². The molecule has 9 heteroatoms. The van der Waals surface area contributed by atoms with Crippen molar-refractivity contribution < 1.29 is 17.9 Å². The maximum atomic E-state index is 12.4. The predicted octanol–water partition coefficient (Wildman–Crippen LogP) is 3.78. The van der Waals surface area contributed by atoms with E-state index in [1.54, 1.807) is 41.6 Å². The summed E-state index contributed by atoms with van der Waals surface area (Å²) in [6.45, 7) is 2.27. The van der Waals surface area contributed by atoms with Gasteiger partial charge in [0.25, 0.3) is 0 Å². The van der Waals surface area contributed by atoms with Gasteiger partial charge in [0.05, 0.1) is 28.7 Å². The van der Waals surface area contributed by atoms with Crippen molar-refractivity contribution in [2.45, 2.75) is 36.9 Å². The van der Waals surface area contributed by atoms with Gasteiger partial charge in [-0.15, -0.1) is 0 Å². The Morgan fingerprint density at radius 1 is 1.03 bits per heavy atom. The molecule has 0 N–H and O–H groups in total. The van der Waals surface area contributed by atoms with Crippen molar-refractivity contribution in [1.29, 1.82) is 0 Å². The fourth-order valence-electron chi connectivity index (χ4n) is 4.14. The molecule has 1 aliphatic heterocycles. The molecule has 0 bridgehead atoms. The molecule has 1 aliphatic rings. The lowest BCUT2D eigenvalue weighted by Crippen LogP contribution is -2.45. The quantitative estimate of drug-likeness (QED) is 0.493. The Bertz CT molecular complexity index is 1220. The van der Waals surface area contributed by atoms with E-state index in [-0.39, 0.29) is 17.6 Å². The lowest BCUT2D eigenvalue weighted by molar-refractivity contribution is 0.0715. The van der Waals surface area contributed by atoms with E-state index in [4.69, 9.17) is 4.74 Å². The van der Waals surface area contributed by atoms with Gasteiger partial charge in [-0.25, -0.2) is 13.2 Å². The average molecular weight is 495 g/mol. The smallest absolute Gasteiger partial charge is 0.410 e. The summed E-state index contributed by atoms with van der Waals surface area (Å²) in [5.74, 6) is 0. The van der Waals surface area contributed by atoms with E-state index in [1.807, 2.05) is 30.3 Å². The highest BCUT2D eigenvalue weighted by molar-refractivity contribution is 7.90. The minimum Gasteiger partial charge on any atom is -0.445 e. The predicted molar refractivity (Wildman–Crippen MR) is 133 cm³/mol. The zero-order valence-electron chi connectivity index (χ0n) is 20.0. The molecule has 1 saturated heterocycles. The number of sulfone groups is 1. The minimum atomic E-state index is -3.23. The maximum absolute atomic E-state index is 12.4. The number of likely N-dealkylation sites (tertiary alicyclic amines) is 1. The van der Waals surface area contributed by atoms with Crippen molar-refractivity contribution in [3.63, 3.8) is 0 Å². The van der Waals surface area contributed by atoms with Crippen LogP contribution in [-0.2, 0) is 27.7 Å². The standard InChI is InChI=1S/C26H30N4O4S/c1-29(23-12-14-30(15-13-23)26(31)34-19-20-6-4-3-5-7-20)18-22-16-28-25(17-27-22)21-8-10-24(11-9-21)35(2,32)33/h3-11,16-17,23H,12-15,18-19H2,1-2H3. The van der Waals surface area contributed by atoms with Crippen molar-refractivity contribution in [3.8, 4) is 11.3 Å². The normalized spacial score (nSPS) is 14.8. The van der Waals surface area contributed by atoms with Crippen molar-refractivity contribution in [2.24, 2.45) is 0 Å². The van der Waals surface area contributed by atoms with E-state index in [9.17, 15) is 13.2 Å². The van der Waals surface area contributed by atoms with Crippen LogP contribution in [0.3, 0.4) is 0 Å². The summed E-state index contributed by atoms with van der Waals surface area (Å²) in [7, 11) is -1.16. The Labute approximate surface area is 206 Å². The summed E-state index contributed by atoms with van der Waals surface area (Å²) < 4.78 is 28.7. The number of carbonyl (C=O) groups is 1. The van der Waals surface area contributed by atoms with Crippen molar-refractivity contribution in [2.75, 3.05) is 26.4 Å². The monoisotopic (exact) mass is 494 g/mol. The number of nitrogens with zero attached hydrogens (tertiary/aromatic N) is 4. The third kappa shape index (κ3) is 6.64. The molecule has 0 aliphatic carbocycles. The molecule has 8 nitrogen and oxygen atoms in total. The number of benzene rings is 2. The summed E-state index contributed by atoms with van der Waals surface area (Å²) in [5, 5.41) is 0. The molecule has 1 aromatic heterocycles. The number of ether oxygens (including phenoxy) is 1. The second kappa shape index (κ2) is 11.0. The number of amides is 1. The number of carbonyl (C=O) groups excluding carboxylic acids is 1. The van der Waals surface area contributed by atoms with Crippen molar-refractivity contribution in [1.82, 2.24) is 19.8 Å². The van der Waals surface area contributed by atoms with Gasteiger partial charge >= 0.3 is 6.09 Å². The van der Waals surface area contributed by atoms with E-state index >= 15 is 0 Å². The van der Waals surface area contributed by atoms with E-state index in [2.05, 4.69) is 21.9 Å². The van der Waals surface area contributed by atoms with E-state index in [0.29, 0.717) is 31.4 Å². The highest BCUT2D eigenvalue weighted by Crippen LogP contribution is 2.21. The third-order valence-corrected chi connectivity index (χ3v) is 7.37. The molecule has 184 valence electrons. The van der Waals surface area contributed by atoms with Crippen LogP contribution in [-0.4, -0.2) is 66.7 Å². The Hall–Kier alpha value is -3.30. The van der Waals surface area contributed by atoms with Gasteiger partial charge in [-0.2, -0.15) is 0 Å². The second-order valence-electron chi connectivity index (χ2n) is 8.86. The van der Waals surface area contributed by atoms with E-state index in [1.165, 1.54) is 6.26 Å². The molecule has 4 rings (SSSR count). The molecule has 1 fully saturated rings. The highest BCUT2D eigenvalue weighted by Gasteiger charge is 2.26. The highest BCUT2D eigenvalue weighted by atomic mass is 32.2. The van der Waals surface area contributed by atoms with Crippen molar-refractivity contribution >= 4 is 15.9 Å². The van der Waals surface area contributed by atoms with Crippen LogP contribution in [0.1, 0.15) is 24.1 Å². The van der Waals surface area contributed by atoms with Crippen LogP contribution >= 0.6 is 0 Å². The molecule has 0 atom stereocenters. The molecular weight excluding hydrogens is 464 g/mol. The molecule has 2 heterocycles. The largest absolute Gasteiger partial charge is 0.445 e. The lowest BCUT2D eigenvalue weighted by atomic mass is 10.0. The van der Waals surface area contributed by atoms with Crippen LogP contribution in [0.15, 0.2) is 71.9 Å². The SMILES string of the molecule is CN(Cc1cnc(-c2ccc(S(C)(=O)=O)cc2)cn1)C1CCN(C(=O)OCc2ccccc2)CC1. The fraction of sp³-hybridized carbons (Fsp3) is 0.346. The topological polar surface area (TPSA) is 92.7 Å². The lowest BCUT2D eigenvalue weighted by Gasteiger charge is -2.36. The van der Waals surface area contributed by atoms with Crippen LogP contribution < -0.4 is 0 Å². The number of hydrogen-bond donors (Lipinski definition) is 0. The fourth-order valence-corrected chi connectivity index (χ4v) is 4.77. The zero-order valence-corrected chi connectivity index (χ0v) is 20.8. The number of aromatic nitrogens is 2. The van der Waals surface area contributed by atoms with Crippen LogP contribution in [0.25, 0.3) is 11.3 Å². The van der Waals surface area contributed by atoms with Gasteiger partial charge in [0, 0.05) is 37.5 Å². The average Bonchev–Trinajstić information content (AvgIpc) is 2.88. The third-order valence-electron chi connectivity index (χ3n) is 6.25. The molecule has 0 unspecified atom stereocenters. The molecular formula is C26H30N4O4S. The van der Waals surface area contributed by atoms with Crippen LogP contribution in [0.2, 0.25) is 0 Å². The molecule has 0 spiro atoms. The number of piperidine rings is 1. The minimum absolute atomic E-state index is 0.263. The molecule has 1 amide bonds. The van der Waals surface area contributed by atoms with Crippen LogP contribution in [0.5, 0.6) is 0 Å². The maximum Gasteiger partial charge on any atom is 0.410 e. The summed E-state index contributed by atoms with van der Waals surface area (Å²) in [6, 6.07) is 16.7. The first-order valence-corrected chi connectivity index (χ1v) is 13.5. The first kappa shape index (κ1) is 24.8. The second-order valence-corrected chi connectivity index (χ2v) is 10.9. The first-order chi connectivity index (χ1) is 16.8. The Morgan fingerprint density at radius 2 is 1.71 bits per heavy atom. The van der Waals surface area contributed by atoms with Gasteiger partial charge < -0.3 is 9.64 Å². The molecule has 0 saturated carbocycles. The summed E-state index contributed by atoms with van der Waals surface area (Å²) in [4.78, 5) is 25.8. The van der Waals surface area contributed by atoms with Crippen molar-refractivity contribution in [3.05, 3.63) is 78.2 Å². The summed E-state index contributed by atoms with van der Waals surface area (Å²) in [6.07, 6.45) is 6.14. The van der Waals surface area contributed by atoms with Gasteiger partial charge in [0.15, 0.2) is 9.84 Å². The molecule has 3 aromatic rings.